The molecule has 0 aliphatic heterocycles. The van der Waals surface area contributed by atoms with Crippen LogP contribution >= 0.6 is 0 Å². The van der Waals surface area contributed by atoms with Gasteiger partial charge in [-0.15, -0.1) is 0 Å². The van der Waals surface area contributed by atoms with Crippen molar-refractivity contribution in [2.75, 3.05) is 52.8 Å². The third-order valence-electron chi connectivity index (χ3n) is 3.09. The van der Waals surface area contributed by atoms with E-state index in [-0.39, 0.29) is 12.5 Å². The number of carbonyl (C=O) groups excluding carboxylic acids is 1. The van der Waals surface area contributed by atoms with Gasteiger partial charge in [0, 0.05) is 26.2 Å². The molecule has 0 spiro atoms. The number of aliphatic hydroxyl groups is 1. The fourth-order valence-corrected chi connectivity index (χ4v) is 1.84. The molecular formula is C17H35NO5. The zero-order chi connectivity index (χ0) is 17.4. The van der Waals surface area contributed by atoms with E-state index in [1.807, 2.05) is 0 Å². The first-order chi connectivity index (χ1) is 11.0. The van der Waals surface area contributed by atoms with Crippen molar-refractivity contribution in [2.45, 2.75) is 46.5 Å². The van der Waals surface area contributed by atoms with Gasteiger partial charge in [-0.2, -0.15) is 0 Å². The van der Waals surface area contributed by atoms with E-state index in [4.69, 9.17) is 19.3 Å². The third kappa shape index (κ3) is 19.3. The van der Waals surface area contributed by atoms with Crippen LogP contribution in [-0.2, 0) is 19.0 Å². The Bertz CT molecular complexity index is 279. The SMILES string of the molecule is CC(C)(C)CCCOCCOCCOCCNC(=O)CCCO. The topological polar surface area (TPSA) is 77.0 Å². The maximum Gasteiger partial charge on any atom is 0.220 e. The molecule has 0 heterocycles. The molecule has 0 aromatic heterocycles. The van der Waals surface area contributed by atoms with Crippen molar-refractivity contribution in [3.8, 4) is 0 Å². The highest BCUT2D eigenvalue weighted by Gasteiger charge is 2.08. The van der Waals surface area contributed by atoms with Gasteiger partial charge in [0.15, 0.2) is 0 Å². The first-order valence-electron chi connectivity index (χ1n) is 8.56. The molecule has 0 radical (unpaired) electrons. The second kappa shape index (κ2) is 14.9. The normalized spacial score (nSPS) is 11.7. The number of nitrogens with one attached hydrogen (secondary N) is 1. The van der Waals surface area contributed by atoms with Crippen molar-refractivity contribution < 1.29 is 24.1 Å². The summed E-state index contributed by atoms with van der Waals surface area (Å²) in [5, 5.41) is 11.3. The molecule has 0 aliphatic carbocycles. The van der Waals surface area contributed by atoms with Crippen LogP contribution in [0.3, 0.4) is 0 Å². The predicted molar refractivity (Wildman–Crippen MR) is 90.5 cm³/mol. The lowest BCUT2D eigenvalue weighted by atomic mass is 9.91. The minimum atomic E-state index is -0.0532. The molecule has 2 N–H and O–H groups in total. The maximum atomic E-state index is 11.2. The van der Waals surface area contributed by atoms with Crippen LogP contribution in [0, 0.1) is 5.41 Å². The van der Waals surface area contributed by atoms with Gasteiger partial charge in [-0.05, 0) is 24.7 Å². The van der Waals surface area contributed by atoms with Crippen molar-refractivity contribution in [2.24, 2.45) is 5.41 Å². The lowest BCUT2D eigenvalue weighted by Gasteiger charge is -2.17. The van der Waals surface area contributed by atoms with E-state index in [0.717, 1.165) is 19.4 Å². The molecule has 0 fully saturated rings. The number of aliphatic hydroxyl groups excluding tert-OH is 1. The van der Waals surface area contributed by atoms with Crippen LogP contribution < -0.4 is 5.32 Å². The van der Waals surface area contributed by atoms with Crippen LogP contribution in [0.25, 0.3) is 0 Å². The summed E-state index contributed by atoms with van der Waals surface area (Å²) in [6.45, 7) is 10.7. The maximum absolute atomic E-state index is 11.2. The molecule has 0 aromatic rings. The van der Waals surface area contributed by atoms with Crippen LogP contribution in [0.5, 0.6) is 0 Å². The van der Waals surface area contributed by atoms with Gasteiger partial charge in [0.2, 0.25) is 5.91 Å². The Morgan fingerprint density at radius 3 is 2.04 bits per heavy atom. The fraction of sp³-hybridized carbons (Fsp3) is 0.941. The van der Waals surface area contributed by atoms with Gasteiger partial charge in [0.25, 0.3) is 0 Å². The lowest BCUT2D eigenvalue weighted by Crippen LogP contribution is -2.27. The summed E-state index contributed by atoms with van der Waals surface area (Å²) < 4.78 is 16.2. The number of hydrogen-bond donors (Lipinski definition) is 2. The zero-order valence-corrected chi connectivity index (χ0v) is 15.1. The average Bonchev–Trinajstić information content (AvgIpc) is 2.48. The van der Waals surface area contributed by atoms with E-state index >= 15 is 0 Å². The fourth-order valence-electron chi connectivity index (χ4n) is 1.84. The lowest BCUT2D eigenvalue weighted by molar-refractivity contribution is -0.121. The molecule has 6 nitrogen and oxygen atoms in total. The summed E-state index contributed by atoms with van der Waals surface area (Å²) in [7, 11) is 0. The van der Waals surface area contributed by atoms with Crippen LogP contribution in [0.4, 0.5) is 0 Å². The zero-order valence-electron chi connectivity index (χ0n) is 15.1. The minimum absolute atomic E-state index is 0.0432. The molecule has 0 bridgehead atoms. The molecule has 0 aromatic carbocycles. The molecule has 1 amide bonds. The minimum Gasteiger partial charge on any atom is -0.396 e. The molecule has 0 atom stereocenters. The van der Waals surface area contributed by atoms with Crippen molar-refractivity contribution >= 4 is 5.91 Å². The monoisotopic (exact) mass is 333 g/mol. The molecule has 0 saturated heterocycles. The third-order valence-corrected chi connectivity index (χ3v) is 3.09. The first-order valence-corrected chi connectivity index (χ1v) is 8.56. The van der Waals surface area contributed by atoms with Crippen LogP contribution in [0.2, 0.25) is 0 Å². The molecule has 0 unspecified atom stereocenters. The van der Waals surface area contributed by atoms with Gasteiger partial charge in [0.1, 0.15) is 0 Å². The molecule has 0 rings (SSSR count). The Morgan fingerprint density at radius 1 is 0.913 bits per heavy atom. The van der Waals surface area contributed by atoms with E-state index in [1.54, 1.807) is 0 Å². The summed E-state index contributed by atoms with van der Waals surface area (Å²) in [5.74, 6) is -0.0532. The Hall–Kier alpha value is -0.690. The van der Waals surface area contributed by atoms with Gasteiger partial charge >= 0.3 is 0 Å². The smallest absolute Gasteiger partial charge is 0.220 e. The predicted octanol–water partition coefficient (Wildman–Crippen LogP) is 1.75. The number of amides is 1. The second-order valence-corrected chi connectivity index (χ2v) is 6.68. The Balaban J connectivity index is 3.12. The number of hydrogen-bond acceptors (Lipinski definition) is 5. The van der Waals surface area contributed by atoms with Crippen LogP contribution in [0.1, 0.15) is 46.5 Å². The van der Waals surface area contributed by atoms with Crippen molar-refractivity contribution in [1.82, 2.24) is 5.32 Å². The molecule has 23 heavy (non-hydrogen) atoms. The highest BCUT2D eigenvalue weighted by Crippen LogP contribution is 2.20. The number of ether oxygens (including phenoxy) is 3. The number of carbonyl (C=O) groups is 1. The Morgan fingerprint density at radius 2 is 1.48 bits per heavy atom. The van der Waals surface area contributed by atoms with E-state index < -0.39 is 0 Å². The largest absolute Gasteiger partial charge is 0.396 e. The summed E-state index contributed by atoms with van der Waals surface area (Å²) >= 11 is 0. The van der Waals surface area contributed by atoms with E-state index in [1.165, 1.54) is 0 Å². The average molecular weight is 333 g/mol. The van der Waals surface area contributed by atoms with Gasteiger partial charge < -0.3 is 24.6 Å². The van der Waals surface area contributed by atoms with Gasteiger partial charge in [-0.25, -0.2) is 0 Å². The van der Waals surface area contributed by atoms with Gasteiger partial charge in [0.05, 0.1) is 33.0 Å². The molecule has 6 heteroatoms. The summed E-state index contributed by atoms with van der Waals surface area (Å²) in [6, 6.07) is 0. The standard InChI is InChI=1S/C17H35NO5/c1-17(2,3)7-5-10-21-12-14-23-15-13-22-11-8-18-16(20)6-4-9-19/h19H,4-15H2,1-3H3,(H,18,20). The van der Waals surface area contributed by atoms with Crippen LogP contribution in [0.15, 0.2) is 0 Å². The Labute approximate surface area is 140 Å². The molecule has 0 saturated carbocycles. The first kappa shape index (κ1) is 22.3. The van der Waals surface area contributed by atoms with E-state index in [9.17, 15) is 4.79 Å². The molecule has 138 valence electrons. The summed E-state index contributed by atoms with van der Waals surface area (Å²) in [4.78, 5) is 11.2. The summed E-state index contributed by atoms with van der Waals surface area (Å²) in [6.07, 6.45) is 3.10. The van der Waals surface area contributed by atoms with Gasteiger partial charge in [-0.3, -0.25) is 4.79 Å². The van der Waals surface area contributed by atoms with E-state index in [0.29, 0.717) is 57.8 Å². The molecule has 0 aliphatic rings. The quantitative estimate of drug-likeness (QED) is 0.447. The van der Waals surface area contributed by atoms with Crippen molar-refractivity contribution in [1.29, 1.82) is 0 Å². The number of rotatable bonds is 15. The summed E-state index contributed by atoms with van der Waals surface area (Å²) in [5.41, 5.74) is 0.371. The van der Waals surface area contributed by atoms with Gasteiger partial charge in [-0.1, -0.05) is 20.8 Å². The van der Waals surface area contributed by atoms with Crippen LogP contribution in [-0.4, -0.2) is 63.8 Å². The van der Waals surface area contributed by atoms with Crippen molar-refractivity contribution in [3.63, 3.8) is 0 Å². The van der Waals surface area contributed by atoms with E-state index in [2.05, 4.69) is 26.1 Å². The van der Waals surface area contributed by atoms with Crippen molar-refractivity contribution in [3.05, 3.63) is 0 Å². The molecular weight excluding hydrogens is 298 g/mol. The second-order valence-electron chi connectivity index (χ2n) is 6.68. The highest BCUT2D eigenvalue weighted by atomic mass is 16.5. The Kier molecular flexibility index (Phi) is 14.4. The highest BCUT2D eigenvalue weighted by molar-refractivity contribution is 5.75.